The third-order valence-corrected chi connectivity index (χ3v) is 4.45. The number of rotatable bonds is 6. The van der Waals surface area contributed by atoms with Crippen molar-refractivity contribution in [1.82, 2.24) is 0 Å². The van der Waals surface area contributed by atoms with Gasteiger partial charge >= 0.3 is 35.8 Å². The van der Waals surface area contributed by atoms with Gasteiger partial charge in [-0.3, -0.25) is 0 Å². The number of alkyl halides is 16. The highest BCUT2D eigenvalue weighted by Crippen LogP contribution is 2.67. The van der Waals surface area contributed by atoms with Crippen LogP contribution in [0.1, 0.15) is 12.8 Å². The van der Waals surface area contributed by atoms with Crippen LogP contribution in [-0.2, 0) is 0 Å². The molecule has 2 unspecified atom stereocenters. The maximum Gasteiger partial charge on any atom is 0.460 e. The van der Waals surface area contributed by atoms with Crippen molar-refractivity contribution in [1.29, 1.82) is 0 Å². The van der Waals surface area contributed by atoms with E-state index in [1.165, 1.54) is 0 Å². The second-order valence-electron chi connectivity index (χ2n) is 6.13. The van der Waals surface area contributed by atoms with E-state index < -0.39 is 72.6 Å². The zero-order chi connectivity index (χ0) is 23.7. The van der Waals surface area contributed by atoms with Crippen LogP contribution in [0.5, 0.6) is 0 Å². The van der Waals surface area contributed by atoms with Gasteiger partial charge in [-0.05, 0) is 12.8 Å². The molecule has 0 saturated heterocycles. The van der Waals surface area contributed by atoms with Crippen LogP contribution in [0.2, 0.25) is 0 Å². The van der Waals surface area contributed by atoms with Gasteiger partial charge in [0.1, 0.15) is 0 Å². The average molecular weight is 468 g/mol. The summed E-state index contributed by atoms with van der Waals surface area (Å²) < 4.78 is 211. The van der Waals surface area contributed by atoms with Crippen molar-refractivity contribution >= 4 is 0 Å². The number of hydrogen-bond donors (Lipinski definition) is 0. The van der Waals surface area contributed by atoms with Crippen molar-refractivity contribution < 1.29 is 70.2 Å². The zero-order valence-electron chi connectivity index (χ0n) is 13.3. The van der Waals surface area contributed by atoms with Gasteiger partial charge in [-0.25, -0.2) is 13.2 Å². The van der Waals surface area contributed by atoms with Crippen molar-refractivity contribution in [2.45, 2.75) is 60.2 Å². The molecule has 0 aromatic carbocycles. The first kappa shape index (κ1) is 25.9. The van der Waals surface area contributed by atoms with Crippen LogP contribution in [0.25, 0.3) is 0 Å². The van der Waals surface area contributed by atoms with Gasteiger partial charge in [0.2, 0.25) is 5.67 Å². The Bertz CT molecular complexity index is 617. The second-order valence-corrected chi connectivity index (χ2v) is 6.13. The van der Waals surface area contributed by atoms with E-state index in [4.69, 9.17) is 0 Å². The molecule has 0 spiro atoms. The predicted molar refractivity (Wildman–Crippen MR) is 62.0 cm³/mol. The Balaban J connectivity index is 3.71. The molecule has 2 atom stereocenters. The maximum absolute atomic E-state index is 14.4. The van der Waals surface area contributed by atoms with Crippen molar-refractivity contribution in [3.8, 4) is 0 Å². The summed E-state index contributed by atoms with van der Waals surface area (Å²) in [6.45, 7) is 2.63. The fraction of sp³-hybridized carbons (Fsp3) is 0.846. The van der Waals surface area contributed by atoms with Gasteiger partial charge in [0, 0.05) is 12.3 Å². The van der Waals surface area contributed by atoms with E-state index in [1.54, 1.807) is 0 Å². The number of hydrogen-bond acceptors (Lipinski definition) is 0. The van der Waals surface area contributed by atoms with Gasteiger partial charge in [-0.1, -0.05) is 6.92 Å². The fourth-order valence-electron chi connectivity index (χ4n) is 2.65. The molecule has 2 radical (unpaired) electrons. The molecule has 29 heavy (non-hydrogen) atoms. The fourth-order valence-corrected chi connectivity index (χ4v) is 2.65. The Morgan fingerprint density at radius 3 is 1.41 bits per heavy atom. The largest absolute Gasteiger partial charge is 0.460 e. The van der Waals surface area contributed by atoms with Crippen molar-refractivity contribution in [2.75, 3.05) is 0 Å². The first-order valence-electron chi connectivity index (χ1n) is 7.08. The van der Waals surface area contributed by atoms with Gasteiger partial charge in [0.05, 0.1) is 0 Å². The molecule has 0 amide bonds. The predicted octanol–water partition coefficient (Wildman–Crippen LogP) is 6.52. The van der Waals surface area contributed by atoms with Gasteiger partial charge < -0.3 is 0 Å². The molecule has 0 nitrogen and oxygen atoms in total. The molecular weight excluding hydrogens is 460 g/mol. The van der Waals surface area contributed by atoms with Crippen molar-refractivity contribution in [3.63, 3.8) is 0 Å². The molecule has 0 heterocycles. The lowest BCUT2D eigenvalue weighted by molar-refractivity contribution is -0.452. The molecule has 1 rings (SSSR count). The van der Waals surface area contributed by atoms with Crippen molar-refractivity contribution in [3.05, 3.63) is 13.3 Å². The SMILES string of the molecule is [CH2]CC1C[CH]C(F)(F)C1(F)C(F)(F)C(F)(F)C(F)(F)C(F)(F)C(F)(F)C(F)(F)F. The molecule has 0 aromatic rings. The normalized spacial score (nSPS) is 27.4. The lowest BCUT2D eigenvalue weighted by Crippen LogP contribution is -2.75. The van der Waals surface area contributed by atoms with Gasteiger partial charge in [-0.15, -0.1) is 0 Å². The van der Waals surface area contributed by atoms with Crippen molar-refractivity contribution in [2.24, 2.45) is 5.92 Å². The summed E-state index contributed by atoms with van der Waals surface area (Å²) in [4.78, 5) is 0. The quantitative estimate of drug-likeness (QED) is 0.390. The standard InChI is InChI=1S/C13H8F16/c1-2-5-3-4-6(14,15)7(5,16)8(17,18)9(19,20)10(21,22)11(23,24)12(25,26)13(27,28)29/h4-5H,1-3H2. The van der Waals surface area contributed by atoms with Crippen LogP contribution >= 0.6 is 0 Å². The molecule has 0 bridgehead atoms. The Morgan fingerprint density at radius 2 is 1.07 bits per heavy atom. The van der Waals surface area contributed by atoms with Crippen LogP contribution in [0.3, 0.4) is 0 Å². The highest BCUT2D eigenvalue weighted by molar-refractivity contribution is 5.25. The van der Waals surface area contributed by atoms with Crippen LogP contribution in [0, 0.1) is 19.3 Å². The number of halogens is 16. The van der Waals surface area contributed by atoms with E-state index in [1.807, 2.05) is 0 Å². The summed E-state index contributed by atoms with van der Waals surface area (Å²) in [6, 6.07) is 0. The van der Waals surface area contributed by atoms with Crippen LogP contribution < -0.4 is 0 Å². The van der Waals surface area contributed by atoms with E-state index in [2.05, 4.69) is 6.92 Å². The average Bonchev–Trinajstić information content (AvgIpc) is 2.76. The Morgan fingerprint density at radius 1 is 0.690 bits per heavy atom. The van der Waals surface area contributed by atoms with E-state index in [-0.39, 0.29) is 0 Å². The molecule has 16 heteroatoms. The molecule has 0 aromatic heterocycles. The lowest BCUT2D eigenvalue weighted by atomic mass is 9.77. The molecule has 1 aliphatic carbocycles. The third-order valence-electron chi connectivity index (χ3n) is 4.45. The Kier molecular flexibility index (Phi) is 5.75. The van der Waals surface area contributed by atoms with Gasteiger partial charge in [-0.2, -0.15) is 57.1 Å². The monoisotopic (exact) mass is 468 g/mol. The maximum atomic E-state index is 14.4. The van der Waals surface area contributed by atoms with Crippen LogP contribution in [0.15, 0.2) is 0 Å². The van der Waals surface area contributed by atoms with Gasteiger partial charge in [0.15, 0.2) is 0 Å². The Hall–Kier alpha value is -1.12. The van der Waals surface area contributed by atoms with E-state index >= 15 is 0 Å². The smallest absolute Gasteiger partial charge is 0.230 e. The summed E-state index contributed by atoms with van der Waals surface area (Å²) >= 11 is 0. The summed E-state index contributed by atoms with van der Waals surface area (Å²) in [6.07, 6.45) is -11.2. The summed E-state index contributed by atoms with van der Waals surface area (Å²) in [5.41, 5.74) is -6.06. The van der Waals surface area contributed by atoms with Crippen LogP contribution in [-0.4, -0.2) is 47.4 Å². The highest BCUT2D eigenvalue weighted by Gasteiger charge is 2.95. The molecule has 1 aliphatic rings. The Labute approximate surface area is 151 Å². The summed E-state index contributed by atoms with van der Waals surface area (Å²) in [5, 5.41) is 0. The van der Waals surface area contributed by atoms with Crippen LogP contribution in [0.4, 0.5) is 70.2 Å². The molecule has 1 saturated carbocycles. The minimum Gasteiger partial charge on any atom is -0.230 e. The second kappa shape index (κ2) is 6.44. The topological polar surface area (TPSA) is 0 Å². The zero-order valence-corrected chi connectivity index (χ0v) is 13.3. The molecule has 0 N–H and O–H groups in total. The van der Waals surface area contributed by atoms with Gasteiger partial charge in [0.25, 0.3) is 5.92 Å². The first-order valence-corrected chi connectivity index (χ1v) is 7.08. The minimum absolute atomic E-state index is 0.687. The van der Waals surface area contributed by atoms with E-state index in [0.29, 0.717) is 0 Å². The first-order chi connectivity index (χ1) is 12.4. The molecule has 0 aliphatic heterocycles. The summed E-state index contributed by atoms with van der Waals surface area (Å²) in [5.74, 6) is -49.0. The van der Waals surface area contributed by atoms with E-state index in [9.17, 15) is 70.2 Å². The molecule has 1 fully saturated rings. The molecule has 172 valence electrons. The lowest BCUT2D eigenvalue weighted by Gasteiger charge is -2.45. The third kappa shape index (κ3) is 2.89. The summed E-state index contributed by atoms with van der Waals surface area (Å²) in [7, 11) is 0. The highest BCUT2D eigenvalue weighted by atomic mass is 19.4. The minimum atomic E-state index is -8.34. The molecular formula is C13H8F16. The van der Waals surface area contributed by atoms with E-state index in [0.717, 1.165) is 0 Å².